The number of rotatable bonds is 6. The van der Waals surface area contributed by atoms with Gasteiger partial charge in [-0.15, -0.1) is 0 Å². The Hall–Kier alpha value is -2.17. The number of amides is 1. The van der Waals surface area contributed by atoms with E-state index in [4.69, 9.17) is 11.5 Å². The molecule has 5 N–H and O–H groups in total. The van der Waals surface area contributed by atoms with Crippen LogP contribution in [0.5, 0.6) is 0 Å². The van der Waals surface area contributed by atoms with Crippen LogP contribution in [0.4, 0.5) is 0 Å². The molecule has 0 spiro atoms. The van der Waals surface area contributed by atoms with Crippen molar-refractivity contribution in [3.8, 4) is 11.1 Å². The Morgan fingerprint density at radius 1 is 1.00 bits per heavy atom. The van der Waals surface area contributed by atoms with Crippen LogP contribution in [0.1, 0.15) is 12.0 Å². The van der Waals surface area contributed by atoms with Gasteiger partial charge in [0.2, 0.25) is 5.91 Å². The lowest BCUT2D eigenvalue weighted by Gasteiger charge is -2.14. The quantitative estimate of drug-likeness (QED) is 0.750. The summed E-state index contributed by atoms with van der Waals surface area (Å²) in [6.45, 7) is 0. The van der Waals surface area contributed by atoms with Crippen molar-refractivity contribution in [1.29, 1.82) is 0 Å². The lowest BCUT2D eigenvalue weighted by atomic mass is 9.98. The van der Waals surface area contributed by atoms with Gasteiger partial charge >= 0.3 is 0 Å². The summed E-state index contributed by atoms with van der Waals surface area (Å²) in [5, 5.41) is 9.41. The molecule has 0 aliphatic rings. The lowest BCUT2D eigenvalue weighted by Crippen LogP contribution is -2.36. The second-order valence-electron chi connectivity index (χ2n) is 5.18. The first kappa shape index (κ1) is 15.2. The van der Waals surface area contributed by atoms with Gasteiger partial charge in [0.05, 0.1) is 0 Å². The number of aliphatic hydroxyl groups is 1. The van der Waals surface area contributed by atoms with Crippen molar-refractivity contribution in [2.75, 3.05) is 0 Å². The molecule has 2 aromatic carbocycles. The van der Waals surface area contributed by atoms with Crippen molar-refractivity contribution in [1.82, 2.24) is 0 Å². The van der Waals surface area contributed by atoms with Crippen LogP contribution < -0.4 is 11.5 Å². The summed E-state index contributed by atoms with van der Waals surface area (Å²) < 4.78 is 0. The smallest absolute Gasteiger partial charge is 0.246 e. The molecule has 2 atom stereocenters. The average Bonchev–Trinajstić information content (AvgIpc) is 2.48. The number of carbonyl (C=O) groups excluding carboxylic acids is 1. The molecule has 4 heteroatoms. The molecule has 0 saturated heterocycles. The highest BCUT2D eigenvalue weighted by Crippen LogP contribution is 2.19. The van der Waals surface area contributed by atoms with Crippen LogP contribution in [0, 0.1) is 0 Å². The van der Waals surface area contributed by atoms with Crippen molar-refractivity contribution in [3.05, 3.63) is 60.2 Å². The van der Waals surface area contributed by atoms with E-state index < -0.39 is 12.0 Å². The Bertz CT molecular complexity index is 581. The van der Waals surface area contributed by atoms with Crippen LogP contribution in [0.2, 0.25) is 0 Å². The summed E-state index contributed by atoms with van der Waals surface area (Å²) in [5.74, 6) is -0.732. The fourth-order valence-electron chi connectivity index (χ4n) is 2.25. The summed E-state index contributed by atoms with van der Waals surface area (Å²) in [6.07, 6.45) is -0.404. The molecule has 0 aliphatic heterocycles. The molecule has 0 aliphatic carbocycles. The predicted octanol–water partition coefficient (Wildman–Crippen LogP) is 1.46. The van der Waals surface area contributed by atoms with Crippen LogP contribution in [0.3, 0.4) is 0 Å². The minimum Gasteiger partial charge on any atom is -0.383 e. The highest BCUT2D eigenvalue weighted by atomic mass is 16.3. The van der Waals surface area contributed by atoms with Gasteiger partial charge in [0.1, 0.15) is 6.10 Å². The van der Waals surface area contributed by atoms with E-state index >= 15 is 0 Å². The second-order valence-corrected chi connectivity index (χ2v) is 5.18. The average molecular weight is 284 g/mol. The van der Waals surface area contributed by atoms with E-state index in [-0.39, 0.29) is 12.5 Å². The minimum atomic E-state index is -1.18. The Morgan fingerprint density at radius 3 is 2.14 bits per heavy atom. The SMILES string of the molecule is NC(=O)[C@H](O)C[C@H](N)Cc1ccc(-c2ccccc2)cc1. The Kier molecular flexibility index (Phi) is 5.09. The van der Waals surface area contributed by atoms with Gasteiger partial charge in [-0.3, -0.25) is 4.79 Å². The molecular weight excluding hydrogens is 264 g/mol. The fourth-order valence-corrected chi connectivity index (χ4v) is 2.25. The van der Waals surface area contributed by atoms with Gasteiger partial charge in [0, 0.05) is 6.04 Å². The van der Waals surface area contributed by atoms with Gasteiger partial charge in [-0.1, -0.05) is 54.6 Å². The number of primary amides is 1. The fraction of sp³-hybridized carbons (Fsp3) is 0.235. The molecule has 2 aromatic rings. The van der Waals surface area contributed by atoms with E-state index in [0.717, 1.165) is 16.7 Å². The van der Waals surface area contributed by atoms with Crippen molar-refractivity contribution in [2.45, 2.75) is 25.0 Å². The van der Waals surface area contributed by atoms with Crippen molar-refractivity contribution in [3.63, 3.8) is 0 Å². The summed E-state index contributed by atoms with van der Waals surface area (Å²) in [5.41, 5.74) is 14.3. The molecule has 1 amide bonds. The monoisotopic (exact) mass is 284 g/mol. The summed E-state index contributed by atoms with van der Waals surface area (Å²) in [4.78, 5) is 10.8. The molecule has 0 unspecified atom stereocenters. The van der Waals surface area contributed by atoms with Gasteiger partial charge in [-0.2, -0.15) is 0 Å². The molecule has 0 fully saturated rings. The summed E-state index contributed by atoms with van der Waals surface area (Å²) in [6, 6.07) is 17.9. The van der Waals surface area contributed by atoms with Crippen LogP contribution >= 0.6 is 0 Å². The molecule has 0 aromatic heterocycles. The Morgan fingerprint density at radius 2 is 1.57 bits per heavy atom. The van der Waals surface area contributed by atoms with E-state index in [1.807, 2.05) is 42.5 Å². The topological polar surface area (TPSA) is 89.3 Å². The summed E-state index contributed by atoms with van der Waals surface area (Å²) >= 11 is 0. The first-order valence-electron chi connectivity index (χ1n) is 6.93. The molecule has 0 bridgehead atoms. The Labute approximate surface area is 124 Å². The number of aliphatic hydroxyl groups excluding tert-OH is 1. The standard InChI is InChI=1S/C17H20N2O2/c18-15(11-16(20)17(19)21)10-12-6-8-14(9-7-12)13-4-2-1-3-5-13/h1-9,15-16,20H,10-11,18H2,(H2,19,21)/t15-,16-/m1/s1. The highest BCUT2D eigenvalue weighted by molar-refractivity contribution is 5.78. The van der Waals surface area contributed by atoms with Crippen LogP contribution in [0.25, 0.3) is 11.1 Å². The van der Waals surface area contributed by atoms with Crippen molar-refractivity contribution < 1.29 is 9.90 Å². The molecular formula is C17H20N2O2. The zero-order valence-electron chi connectivity index (χ0n) is 11.8. The van der Waals surface area contributed by atoms with E-state index in [0.29, 0.717) is 6.42 Å². The Balaban J connectivity index is 1.98. The number of nitrogens with two attached hydrogens (primary N) is 2. The van der Waals surface area contributed by atoms with Crippen molar-refractivity contribution in [2.24, 2.45) is 11.5 Å². The van der Waals surface area contributed by atoms with Crippen LogP contribution in [-0.4, -0.2) is 23.2 Å². The first-order valence-corrected chi connectivity index (χ1v) is 6.93. The largest absolute Gasteiger partial charge is 0.383 e. The zero-order chi connectivity index (χ0) is 15.2. The number of carbonyl (C=O) groups is 1. The molecule has 0 saturated carbocycles. The lowest BCUT2D eigenvalue weighted by molar-refractivity contribution is -0.126. The van der Waals surface area contributed by atoms with Gasteiger partial charge < -0.3 is 16.6 Å². The number of benzene rings is 2. The van der Waals surface area contributed by atoms with Gasteiger partial charge in [-0.05, 0) is 29.5 Å². The molecule has 2 rings (SSSR count). The maximum absolute atomic E-state index is 10.8. The van der Waals surface area contributed by atoms with Gasteiger partial charge in [0.25, 0.3) is 0 Å². The van der Waals surface area contributed by atoms with Crippen molar-refractivity contribution >= 4 is 5.91 Å². The maximum Gasteiger partial charge on any atom is 0.246 e. The first-order chi connectivity index (χ1) is 10.1. The number of hydrogen-bond acceptors (Lipinski definition) is 3. The normalized spacial score (nSPS) is 13.6. The van der Waals surface area contributed by atoms with Gasteiger partial charge in [0.15, 0.2) is 0 Å². The van der Waals surface area contributed by atoms with E-state index in [1.54, 1.807) is 0 Å². The second kappa shape index (κ2) is 7.02. The molecule has 4 nitrogen and oxygen atoms in total. The molecule has 0 heterocycles. The molecule has 110 valence electrons. The van der Waals surface area contributed by atoms with Gasteiger partial charge in [-0.25, -0.2) is 0 Å². The van der Waals surface area contributed by atoms with E-state index in [9.17, 15) is 9.90 Å². The summed E-state index contributed by atoms with van der Waals surface area (Å²) in [7, 11) is 0. The molecule has 0 radical (unpaired) electrons. The minimum absolute atomic E-state index is 0.176. The number of hydrogen-bond donors (Lipinski definition) is 3. The third-order valence-electron chi connectivity index (χ3n) is 3.41. The third-order valence-corrected chi connectivity index (χ3v) is 3.41. The zero-order valence-corrected chi connectivity index (χ0v) is 11.8. The molecule has 21 heavy (non-hydrogen) atoms. The van der Waals surface area contributed by atoms with E-state index in [1.165, 1.54) is 0 Å². The maximum atomic E-state index is 10.8. The third kappa shape index (κ3) is 4.41. The predicted molar refractivity (Wildman–Crippen MR) is 83.4 cm³/mol. The van der Waals surface area contributed by atoms with Crippen LogP contribution in [0.15, 0.2) is 54.6 Å². The highest BCUT2D eigenvalue weighted by Gasteiger charge is 2.15. The van der Waals surface area contributed by atoms with E-state index in [2.05, 4.69) is 12.1 Å². The van der Waals surface area contributed by atoms with Crippen LogP contribution in [-0.2, 0) is 11.2 Å².